The first-order valence-electron chi connectivity index (χ1n) is 5.27. The Labute approximate surface area is 84.7 Å². The predicted molar refractivity (Wildman–Crippen MR) is 58.5 cm³/mol. The summed E-state index contributed by atoms with van der Waals surface area (Å²) >= 11 is 0. The minimum Gasteiger partial charge on any atom is -0.506 e. The second kappa shape index (κ2) is 3.52. The Hall–Kier alpha value is -1.18. The lowest BCUT2D eigenvalue weighted by Gasteiger charge is -2.12. The van der Waals surface area contributed by atoms with Crippen molar-refractivity contribution in [1.82, 2.24) is 0 Å². The summed E-state index contributed by atoms with van der Waals surface area (Å²) in [6.07, 6.45) is 5.13. The van der Waals surface area contributed by atoms with Gasteiger partial charge in [-0.1, -0.05) is 18.9 Å². The summed E-state index contributed by atoms with van der Waals surface area (Å²) in [5, 5.41) is 9.62. The molecule has 0 atom stereocenters. The van der Waals surface area contributed by atoms with Gasteiger partial charge in [-0.15, -0.1) is 0 Å². The predicted octanol–water partition coefficient (Wildman–Crippen LogP) is 2.94. The van der Waals surface area contributed by atoms with Gasteiger partial charge < -0.3 is 10.8 Å². The van der Waals surface area contributed by atoms with Crippen LogP contribution in [0.5, 0.6) is 5.75 Å². The molecule has 3 N–H and O–H groups in total. The van der Waals surface area contributed by atoms with Gasteiger partial charge in [0, 0.05) is 0 Å². The number of aryl methyl sites for hydroxylation is 1. The van der Waals surface area contributed by atoms with Gasteiger partial charge in [0.1, 0.15) is 5.75 Å². The zero-order valence-corrected chi connectivity index (χ0v) is 8.59. The maximum Gasteiger partial charge on any atom is 0.139 e. The molecule has 14 heavy (non-hydrogen) atoms. The SMILES string of the molecule is Cc1cc(C2CCCC2)cc(O)c1N. The van der Waals surface area contributed by atoms with Crippen LogP contribution in [0.2, 0.25) is 0 Å². The number of hydrogen-bond donors (Lipinski definition) is 2. The van der Waals surface area contributed by atoms with E-state index in [9.17, 15) is 5.11 Å². The molecule has 1 aromatic carbocycles. The van der Waals surface area contributed by atoms with Crippen LogP contribution in [-0.2, 0) is 0 Å². The van der Waals surface area contributed by atoms with Crippen molar-refractivity contribution in [3.8, 4) is 5.75 Å². The van der Waals surface area contributed by atoms with E-state index in [0.717, 1.165) is 5.56 Å². The van der Waals surface area contributed by atoms with Gasteiger partial charge in [-0.25, -0.2) is 0 Å². The number of hydrogen-bond acceptors (Lipinski definition) is 2. The van der Waals surface area contributed by atoms with Crippen LogP contribution in [0.4, 0.5) is 5.69 Å². The van der Waals surface area contributed by atoms with E-state index in [4.69, 9.17) is 5.73 Å². The van der Waals surface area contributed by atoms with Crippen LogP contribution in [0, 0.1) is 6.92 Å². The minimum atomic E-state index is 0.243. The lowest BCUT2D eigenvalue weighted by molar-refractivity contribution is 0.476. The van der Waals surface area contributed by atoms with Crippen molar-refractivity contribution in [2.45, 2.75) is 38.5 Å². The van der Waals surface area contributed by atoms with Gasteiger partial charge in [0.25, 0.3) is 0 Å². The van der Waals surface area contributed by atoms with Crippen molar-refractivity contribution in [1.29, 1.82) is 0 Å². The van der Waals surface area contributed by atoms with Gasteiger partial charge in [-0.05, 0) is 42.9 Å². The molecule has 0 saturated heterocycles. The average molecular weight is 191 g/mol. The number of rotatable bonds is 1. The summed E-state index contributed by atoms with van der Waals surface area (Å²) in [6, 6.07) is 3.95. The van der Waals surface area contributed by atoms with E-state index < -0.39 is 0 Å². The molecule has 2 heteroatoms. The van der Waals surface area contributed by atoms with Crippen LogP contribution >= 0.6 is 0 Å². The summed E-state index contributed by atoms with van der Waals surface area (Å²) in [5.41, 5.74) is 8.47. The molecule has 1 aliphatic carbocycles. The van der Waals surface area contributed by atoms with Gasteiger partial charge in [-0.3, -0.25) is 0 Å². The van der Waals surface area contributed by atoms with E-state index in [2.05, 4.69) is 6.07 Å². The maximum atomic E-state index is 9.62. The number of nitrogens with two attached hydrogens (primary N) is 1. The molecule has 1 aromatic rings. The summed E-state index contributed by atoms with van der Waals surface area (Å²) in [7, 11) is 0. The van der Waals surface area contributed by atoms with Crippen LogP contribution in [0.25, 0.3) is 0 Å². The first kappa shape index (κ1) is 9.38. The highest BCUT2D eigenvalue weighted by atomic mass is 16.3. The van der Waals surface area contributed by atoms with E-state index in [1.54, 1.807) is 0 Å². The first-order chi connectivity index (χ1) is 6.68. The summed E-state index contributed by atoms with van der Waals surface area (Å²) in [6.45, 7) is 1.95. The van der Waals surface area contributed by atoms with E-state index in [-0.39, 0.29) is 5.75 Å². The molecule has 1 aliphatic rings. The molecule has 2 nitrogen and oxygen atoms in total. The third kappa shape index (κ3) is 1.57. The lowest BCUT2D eigenvalue weighted by atomic mass is 9.95. The number of anilines is 1. The second-order valence-corrected chi connectivity index (χ2v) is 4.25. The average Bonchev–Trinajstić information content (AvgIpc) is 2.66. The van der Waals surface area contributed by atoms with Gasteiger partial charge in [0.2, 0.25) is 0 Å². The Morgan fingerprint density at radius 1 is 1.29 bits per heavy atom. The standard InChI is InChI=1S/C12H17NO/c1-8-6-10(7-11(14)12(8)13)9-4-2-3-5-9/h6-7,9,14H,2-5,13H2,1H3. The maximum absolute atomic E-state index is 9.62. The Morgan fingerprint density at radius 3 is 2.50 bits per heavy atom. The van der Waals surface area contributed by atoms with Crippen molar-refractivity contribution in [3.63, 3.8) is 0 Å². The molecular weight excluding hydrogens is 174 g/mol. The van der Waals surface area contributed by atoms with Crippen LogP contribution in [0.3, 0.4) is 0 Å². The van der Waals surface area contributed by atoms with E-state index in [0.29, 0.717) is 11.6 Å². The topological polar surface area (TPSA) is 46.2 Å². The fourth-order valence-electron chi connectivity index (χ4n) is 2.30. The fourth-order valence-corrected chi connectivity index (χ4v) is 2.30. The van der Waals surface area contributed by atoms with Crippen LogP contribution in [-0.4, -0.2) is 5.11 Å². The lowest BCUT2D eigenvalue weighted by Crippen LogP contribution is -1.96. The number of phenolic OH excluding ortho intramolecular Hbond substituents is 1. The summed E-state index contributed by atoms with van der Waals surface area (Å²) in [5.74, 6) is 0.882. The molecule has 0 spiro atoms. The van der Waals surface area contributed by atoms with Crippen molar-refractivity contribution >= 4 is 5.69 Å². The third-order valence-electron chi connectivity index (χ3n) is 3.21. The number of nitrogen functional groups attached to an aromatic ring is 1. The number of aromatic hydroxyl groups is 1. The number of benzene rings is 1. The first-order valence-corrected chi connectivity index (χ1v) is 5.27. The molecule has 0 bridgehead atoms. The van der Waals surface area contributed by atoms with Crippen LogP contribution < -0.4 is 5.73 Å². The van der Waals surface area contributed by atoms with Crippen molar-refractivity contribution in [3.05, 3.63) is 23.3 Å². The van der Waals surface area contributed by atoms with Gasteiger partial charge in [0.05, 0.1) is 5.69 Å². The molecule has 2 rings (SSSR count). The van der Waals surface area contributed by atoms with Crippen molar-refractivity contribution < 1.29 is 5.11 Å². The van der Waals surface area contributed by atoms with Gasteiger partial charge >= 0.3 is 0 Å². The van der Waals surface area contributed by atoms with Crippen LogP contribution in [0.15, 0.2) is 12.1 Å². The van der Waals surface area contributed by atoms with Crippen LogP contribution in [0.1, 0.15) is 42.7 Å². The monoisotopic (exact) mass is 191 g/mol. The summed E-state index contributed by atoms with van der Waals surface area (Å²) < 4.78 is 0. The van der Waals surface area contributed by atoms with E-state index in [1.807, 2.05) is 13.0 Å². The highest BCUT2D eigenvalue weighted by Crippen LogP contribution is 2.37. The fraction of sp³-hybridized carbons (Fsp3) is 0.500. The Kier molecular flexibility index (Phi) is 2.36. The quantitative estimate of drug-likeness (QED) is 0.529. The molecule has 0 heterocycles. The molecule has 1 fully saturated rings. The molecule has 0 amide bonds. The van der Waals surface area contributed by atoms with E-state index in [1.165, 1.54) is 31.2 Å². The summed E-state index contributed by atoms with van der Waals surface area (Å²) in [4.78, 5) is 0. The largest absolute Gasteiger partial charge is 0.506 e. The smallest absolute Gasteiger partial charge is 0.139 e. The molecule has 1 saturated carbocycles. The second-order valence-electron chi connectivity index (χ2n) is 4.25. The Morgan fingerprint density at radius 2 is 1.93 bits per heavy atom. The molecule has 0 aliphatic heterocycles. The van der Waals surface area contributed by atoms with Gasteiger partial charge in [-0.2, -0.15) is 0 Å². The molecule has 76 valence electrons. The number of phenols is 1. The van der Waals surface area contributed by atoms with Crippen molar-refractivity contribution in [2.24, 2.45) is 0 Å². The molecular formula is C12H17NO. The molecule has 0 radical (unpaired) electrons. The highest BCUT2D eigenvalue weighted by molar-refractivity contribution is 5.59. The third-order valence-corrected chi connectivity index (χ3v) is 3.21. The highest BCUT2D eigenvalue weighted by Gasteiger charge is 2.18. The zero-order chi connectivity index (χ0) is 10.1. The molecule has 0 unspecified atom stereocenters. The zero-order valence-electron chi connectivity index (χ0n) is 8.59. The van der Waals surface area contributed by atoms with E-state index >= 15 is 0 Å². The Balaban J connectivity index is 2.34. The Bertz CT molecular complexity index is 317. The molecule has 0 aromatic heterocycles. The minimum absolute atomic E-state index is 0.243. The normalized spacial score (nSPS) is 17.5. The van der Waals surface area contributed by atoms with Crippen molar-refractivity contribution in [2.75, 3.05) is 5.73 Å². The van der Waals surface area contributed by atoms with Gasteiger partial charge in [0.15, 0.2) is 0 Å².